The first-order valence-corrected chi connectivity index (χ1v) is 13.3. The van der Waals surface area contributed by atoms with Gasteiger partial charge in [-0.2, -0.15) is 0 Å². The lowest BCUT2D eigenvalue weighted by molar-refractivity contribution is -0.132. The number of hydrogen-bond acceptors (Lipinski definition) is 7. The Morgan fingerprint density at radius 3 is 2.59 bits per heavy atom. The predicted octanol–water partition coefficient (Wildman–Crippen LogP) is 2.91. The molecule has 0 saturated carbocycles. The molecule has 34 heavy (non-hydrogen) atoms. The van der Waals surface area contributed by atoms with E-state index >= 15 is 0 Å². The Balaban J connectivity index is 2.53. The van der Waals surface area contributed by atoms with E-state index in [0.717, 1.165) is 4.31 Å². The lowest BCUT2D eigenvalue weighted by Gasteiger charge is -2.36. The second-order valence-electron chi connectivity index (χ2n) is 9.91. The van der Waals surface area contributed by atoms with Crippen molar-refractivity contribution in [1.29, 1.82) is 0 Å². The van der Waals surface area contributed by atoms with Crippen molar-refractivity contribution in [2.24, 2.45) is 5.92 Å². The van der Waals surface area contributed by atoms with Gasteiger partial charge in [0.2, 0.25) is 0 Å². The maximum atomic E-state index is 13.9. The van der Waals surface area contributed by atoms with Gasteiger partial charge in [0.05, 0.1) is 17.0 Å². The number of nitrogens with one attached hydrogen (secondary N) is 2. The molecule has 3 N–H and O–H groups in total. The van der Waals surface area contributed by atoms with Crippen LogP contribution in [0.2, 0.25) is 5.02 Å². The second kappa shape index (κ2) is 11.7. The summed E-state index contributed by atoms with van der Waals surface area (Å²) in [6.07, 6.45) is -0.942. The molecule has 1 saturated heterocycles. The first-order valence-electron chi connectivity index (χ1n) is 11.4. The average molecular weight is 518 g/mol. The number of carbonyl (C=O) groups is 2. The van der Waals surface area contributed by atoms with E-state index in [1.807, 2.05) is 13.8 Å². The number of rotatable bonds is 7. The van der Waals surface area contributed by atoms with E-state index in [2.05, 4.69) is 10.6 Å². The number of aliphatic hydroxyl groups excluding tert-OH is 1. The van der Waals surface area contributed by atoms with Gasteiger partial charge in [-0.1, -0.05) is 31.5 Å². The maximum absolute atomic E-state index is 13.9. The fourth-order valence-electron chi connectivity index (χ4n) is 3.79. The number of alkyl carbamates (subject to hydrolysis) is 1. The van der Waals surface area contributed by atoms with E-state index in [1.165, 1.54) is 24.3 Å². The highest BCUT2D eigenvalue weighted by molar-refractivity contribution is 7.89. The molecule has 1 aliphatic heterocycles. The number of halogens is 1. The van der Waals surface area contributed by atoms with E-state index in [9.17, 15) is 23.1 Å². The molecule has 1 aromatic carbocycles. The van der Waals surface area contributed by atoms with Gasteiger partial charge in [-0.25, -0.2) is 17.5 Å². The number of nitrogens with zero attached hydrogens (tertiary/aromatic N) is 1. The fourth-order valence-corrected chi connectivity index (χ4v) is 5.76. The number of aliphatic hydroxyl groups is 1. The van der Waals surface area contributed by atoms with Crippen LogP contribution in [0, 0.1) is 5.92 Å². The standard InChI is InChI=1S/C23H36ClN3O6S/c1-15(2)12-18(26-22(30)33-23(3,4)5)21(29)27(19-10-7-11-25-14-20(19)28)34(31,32)17-9-6-8-16(24)13-17/h6,8-9,13,15,18-20,25,28H,7,10-12,14H2,1-5H3,(H,26,30)/t18?,19?,20-/m0/s1. The van der Waals surface area contributed by atoms with Crippen LogP contribution < -0.4 is 10.6 Å². The molecule has 2 amide bonds. The normalized spacial score (nSPS) is 20.4. The van der Waals surface area contributed by atoms with Crippen molar-refractivity contribution in [2.75, 3.05) is 13.1 Å². The van der Waals surface area contributed by atoms with Gasteiger partial charge in [0, 0.05) is 11.6 Å². The summed E-state index contributed by atoms with van der Waals surface area (Å²) in [5.74, 6) is -0.870. The smallest absolute Gasteiger partial charge is 0.408 e. The lowest BCUT2D eigenvalue weighted by Crippen LogP contribution is -2.58. The van der Waals surface area contributed by atoms with Crippen molar-refractivity contribution >= 4 is 33.6 Å². The Bertz CT molecular complexity index is 964. The quantitative estimate of drug-likeness (QED) is 0.507. The molecule has 3 atom stereocenters. The van der Waals surface area contributed by atoms with Gasteiger partial charge >= 0.3 is 6.09 Å². The molecule has 2 rings (SSSR count). The Hall–Kier alpha value is -1.88. The van der Waals surface area contributed by atoms with Gasteiger partial charge in [-0.15, -0.1) is 0 Å². The summed E-state index contributed by atoms with van der Waals surface area (Å²) in [4.78, 5) is 26.2. The molecule has 192 valence electrons. The largest absolute Gasteiger partial charge is 0.444 e. The minimum Gasteiger partial charge on any atom is -0.444 e. The third kappa shape index (κ3) is 7.83. The van der Waals surface area contributed by atoms with Gasteiger partial charge in [0.1, 0.15) is 11.6 Å². The molecule has 2 unspecified atom stereocenters. The molecule has 1 fully saturated rings. The van der Waals surface area contributed by atoms with Crippen molar-refractivity contribution in [3.05, 3.63) is 29.3 Å². The Morgan fingerprint density at radius 1 is 1.32 bits per heavy atom. The van der Waals surface area contributed by atoms with Crippen molar-refractivity contribution < 1.29 is 27.9 Å². The molecule has 1 aromatic rings. The summed E-state index contributed by atoms with van der Waals surface area (Å²) in [6.45, 7) is 9.50. The lowest BCUT2D eigenvalue weighted by atomic mass is 10.0. The van der Waals surface area contributed by atoms with Crippen molar-refractivity contribution in [3.63, 3.8) is 0 Å². The van der Waals surface area contributed by atoms with Crippen LogP contribution in [-0.4, -0.2) is 66.7 Å². The predicted molar refractivity (Wildman–Crippen MR) is 130 cm³/mol. The van der Waals surface area contributed by atoms with E-state index < -0.39 is 45.8 Å². The van der Waals surface area contributed by atoms with Crippen LogP contribution >= 0.6 is 11.6 Å². The number of β-amino-alcohol motifs (C(OH)–C–C–N with tert-alkyl or cyclic N) is 1. The zero-order valence-corrected chi connectivity index (χ0v) is 21.9. The number of benzene rings is 1. The van der Waals surface area contributed by atoms with Crippen LogP contribution in [0.4, 0.5) is 4.79 Å². The Labute approximate surface area is 207 Å². The van der Waals surface area contributed by atoms with Crippen molar-refractivity contribution in [3.8, 4) is 0 Å². The molecular weight excluding hydrogens is 482 g/mol. The van der Waals surface area contributed by atoms with Gasteiger partial charge in [-0.05, 0) is 70.7 Å². The highest BCUT2D eigenvalue weighted by Gasteiger charge is 2.43. The number of amides is 2. The summed E-state index contributed by atoms with van der Waals surface area (Å²) < 4.78 is 33.6. The molecule has 0 spiro atoms. The first kappa shape index (κ1) is 28.4. The van der Waals surface area contributed by atoms with Crippen molar-refractivity contribution in [2.45, 2.75) is 82.6 Å². The van der Waals surface area contributed by atoms with E-state index in [-0.39, 0.29) is 35.2 Å². The van der Waals surface area contributed by atoms with Gasteiger partial charge in [0.25, 0.3) is 15.9 Å². The number of hydrogen-bond donors (Lipinski definition) is 3. The van der Waals surface area contributed by atoms with Gasteiger partial charge < -0.3 is 20.5 Å². The minimum atomic E-state index is -4.40. The van der Waals surface area contributed by atoms with Crippen LogP contribution in [0.1, 0.15) is 53.9 Å². The third-order valence-electron chi connectivity index (χ3n) is 5.22. The monoisotopic (exact) mass is 517 g/mol. The topological polar surface area (TPSA) is 125 Å². The molecule has 1 heterocycles. The SMILES string of the molecule is CC(C)CC(NC(=O)OC(C)(C)C)C(=O)N(C1CCCNC[C@@H]1O)S(=O)(=O)c1cccc(Cl)c1. The van der Waals surface area contributed by atoms with Gasteiger partial charge in [0.15, 0.2) is 0 Å². The number of sulfonamides is 1. The average Bonchev–Trinajstić information content (AvgIpc) is 2.90. The van der Waals surface area contributed by atoms with E-state index in [0.29, 0.717) is 13.0 Å². The third-order valence-corrected chi connectivity index (χ3v) is 7.27. The van der Waals surface area contributed by atoms with Crippen LogP contribution in [0.5, 0.6) is 0 Å². The maximum Gasteiger partial charge on any atom is 0.408 e. The summed E-state index contributed by atoms with van der Waals surface area (Å²) in [5, 5.41) is 16.6. The van der Waals surface area contributed by atoms with E-state index in [4.69, 9.17) is 16.3 Å². The first-order chi connectivity index (χ1) is 15.7. The zero-order valence-electron chi connectivity index (χ0n) is 20.4. The van der Waals surface area contributed by atoms with Gasteiger partial charge in [-0.3, -0.25) is 4.79 Å². The summed E-state index contributed by atoms with van der Waals surface area (Å²) >= 11 is 6.04. The molecule has 0 aromatic heterocycles. The molecule has 0 radical (unpaired) electrons. The summed E-state index contributed by atoms with van der Waals surface area (Å²) in [6, 6.07) is 3.43. The summed E-state index contributed by atoms with van der Waals surface area (Å²) in [7, 11) is -4.40. The summed E-state index contributed by atoms with van der Waals surface area (Å²) in [5.41, 5.74) is -0.800. The van der Waals surface area contributed by atoms with Crippen LogP contribution in [-0.2, 0) is 19.6 Å². The zero-order chi connectivity index (χ0) is 25.7. The molecule has 11 heteroatoms. The highest BCUT2D eigenvalue weighted by Crippen LogP contribution is 2.27. The molecule has 0 bridgehead atoms. The van der Waals surface area contributed by atoms with Crippen molar-refractivity contribution in [1.82, 2.24) is 14.9 Å². The van der Waals surface area contributed by atoms with Crippen LogP contribution in [0.3, 0.4) is 0 Å². The molecule has 0 aliphatic carbocycles. The fraction of sp³-hybridized carbons (Fsp3) is 0.652. The second-order valence-corrected chi connectivity index (χ2v) is 12.2. The van der Waals surface area contributed by atoms with Crippen LogP contribution in [0.15, 0.2) is 29.2 Å². The number of ether oxygens (including phenoxy) is 1. The van der Waals surface area contributed by atoms with E-state index in [1.54, 1.807) is 20.8 Å². The van der Waals surface area contributed by atoms with Crippen LogP contribution in [0.25, 0.3) is 0 Å². The highest BCUT2D eigenvalue weighted by atomic mass is 35.5. The Morgan fingerprint density at radius 2 is 2.00 bits per heavy atom. The molecular formula is C23H36ClN3O6S. The molecule has 9 nitrogen and oxygen atoms in total. The number of carbonyl (C=O) groups excluding carboxylic acids is 2. The molecule has 1 aliphatic rings. The Kier molecular flexibility index (Phi) is 9.76. The minimum absolute atomic E-state index is 0.0414.